The van der Waals surface area contributed by atoms with E-state index in [1.807, 2.05) is 14.1 Å². The van der Waals surface area contributed by atoms with Crippen molar-refractivity contribution in [1.82, 2.24) is 15.3 Å². The lowest BCUT2D eigenvalue weighted by molar-refractivity contribution is -0.274. The van der Waals surface area contributed by atoms with Gasteiger partial charge >= 0.3 is 6.36 Å². The summed E-state index contributed by atoms with van der Waals surface area (Å²) in [5.74, 6) is 2.06. The number of fused-ring (bicyclic) bond motifs is 1. The van der Waals surface area contributed by atoms with Crippen LogP contribution in [-0.2, 0) is 19.4 Å². The summed E-state index contributed by atoms with van der Waals surface area (Å²) in [7, 11) is 4.07. The molecule has 1 heterocycles. The van der Waals surface area contributed by atoms with Crippen LogP contribution in [-0.4, -0.2) is 43.0 Å². The van der Waals surface area contributed by atoms with Crippen LogP contribution in [0.1, 0.15) is 55.3 Å². The Morgan fingerprint density at radius 2 is 1.83 bits per heavy atom. The molecule has 0 atom stereocenters. The predicted molar refractivity (Wildman–Crippen MR) is 135 cm³/mol. The molecule has 6 nitrogen and oxygen atoms in total. The summed E-state index contributed by atoms with van der Waals surface area (Å²) in [6.07, 6.45) is 3.85. The molecule has 0 amide bonds. The minimum atomic E-state index is -4.71. The third-order valence-electron chi connectivity index (χ3n) is 6.77. The summed E-state index contributed by atoms with van der Waals surface area (Å²) in [4.78, 5) is 11.7. The van der Waals surface area contributed by atoms with Crippen LogP contribution < -0.4 is 20.3 Å². The summed E-state index contributed by atoms with van der Waals surface area (Å²) in [6.45, 7) is 1.08. The van der Waals surface area contributed by atoms with Crippen LogP contribution in [0.4, 0.5) is 24.9 Å². The van der Waals surface area contributed by atoms with E-state index in [1.54, 1.807) is 12.1 Å². The highest BCUT2D eigenvalue weighted by molar-refractivity contribution is 9.10. The van der Waals surface area contributed by atoms with Crippen molar-refractivity contribution in [1.29, 1.82) is 0 Å². The van der Waals surface area contributed by atoms with E-state index in [1.165, 1.54) is 30.2 Å². The summed E-state index contributed by atoms with van der Waals surface area (Å²) >= 11 is 3.21. The van der Waals surface area contributed by atoms with E-state index >= 15 is 0 Å². The average molecular weight is 556 g/mol. The number of halogens is 4. The van der Waals surface area contributed by atoms with Gasteiger partial charge < -0.3 is 20.3 Å². The molecule has 0 unspecified atom stereocenters. The summed E-state index contributed by atoms with van der Waals surface area (Å²) in [6, 6.07) is 5.06. The quantitative estimate of drug-likeness (QED) is 0.426. The highest BCUT2D eigenvalue weighted by Gasteiger charge is 2.32. The van der Waals surface area contributed by atoms with Gasteiger partial charge in [-0.15, -0.1) is 13.2 Å². The van der Waals surface area contributed by atoms with E-state index in [9.17, 15) is 13.2 Å². The van der Waals surface area contributed by atoms with Gasteiger partial charge in [0.15, 0.2) is 0 Å². The fraction of sp³-hybridized carbons (Fsp3) is 0.600. The number of rotatable bonds is 8. The van der Waals surface area contributed by atoms with Crippen LogP contribution in [0.5, 0.6) is 5.75 Å². The van der Waals surface area contributed by atoms with Gasteiger partial charge in [-0.25, -0.2) is 4.98 Å². The molecule has 35 heavy (non-hydrogen) atoms. The van der Waals surface area contributed by atoms with Crippen LogP contribution in [0.25, 0.3) is 0 Å². The number of nitrogens with zero attached hydrogens (tertiary/aromatic N) is 3. The lowest BCUT2D eigenvalue weighted by Crippen LogP contribution is -2.32. The highest BCUT2D eigenvalue weighted by atomic mass is 79.9. The first-order valence-corrected chi connectivity index (χ1v) is 13.1. The number of aryl methyl sites for hydroxylation is 1. The minimum absolute atomic E-state index is 0.172. The molecule has 1 saturated carbocycles. The van der Waals surface area contributed by atoms with E-state index in [2.05, 4.69) is 36.2 Å². The van der Waals surface area contributed by atoms with Gasteiger partial charge in [0, 0.05) is 42.3 Å². The van der Waals surface area contributed by atoms with E-state index in [-0.39, 0.29) is 5.75 Å². The first-order valence-electron chi connectivity index (χ1n) is 12.3. The summed E-state index contributed by atoms with van der Waals surface area (Å²) in [5, 5.41) is 6.89. The largest absolute Gasteiger partial charge is 0.573 e. The molecule has 0 bridgehead atoms. The van der Waals surface area contributed by atoms with Crippen LogP contribution >= 0.6 is 15.9 Å². The second kappa shape index (κ2) is 11.3. The number of aromatic nitrogens is 2. The maximum Gasteiger partial charge on any atom is 0.573 e. The van der Waals surface area contributed by atoms with Crippen molar-refractivity contribution < 1.29 is 17.9 Å². The van der Waals surface area contributed by atoms with Gasteiger partial charge in [-0.05, 0) is 76.0 Å². The molecule has 2 N–H and O–H groups in total. The number of ether oxygens (including phenoxy) is 1. The van der Waals surface area contributed by atoms with Crippen molar-refractivity contribution in [3.05, 3.63) is 39.5 Å². The highest BCUT2D eigenvalue weighted by Crippen LogP contribution is 2.31. The monoisotopic (exact) mass is 555 g/mol. The summed E-state index contributed by atoms with van der Waals surface area (Å²) in [5.41, 5.74) is 2.95. The molecule has 2 aromatic rings. The van der Waals surface area contributed by atoms with Crippen molar-refractivity contribution in [3.63, 3.8) is 0 Å². The molecular formula is C25H33BrF3N5O. The molecule has 0 saturated heterocycles. The van der Waals surface area contributed by atoms with Gasteiger partial charge in [0.05, 0.1) is 5.69 Å². The number of anilines is 2. The van der Waals surface area contributed by atoms with Crippen molar-refractivity contribution in [2.45, 2.75) is 70.3 Å². The zero-order chi connectivity index (χ0) is 25.0. The Kier molecular flexibility index (Phi) is 8.42. The van der Waals surface area contributed by atoms with E-state index < -0.39 is 6.36 Å². The maximum absolute atomic E-state index is 12.7. The number of hydrogen-bond acceptors (Lipinski definition) is 6. The molecule has 192 valence electrons. The molecule has 4 rings (SSSR count). The topological polar surface area (TPSA) is 62.3 Å². The molecule has 1 aromatic heterocycles. The second-order valence-electron chi connectivity index (χ2n) is 9.69. The van der Waals surface area contributed by atoms with Crippen molar-refractivity contribution in [3.8, 4) is 5.75 Å². The summed E-state index contributed by atoms with van der Waals surface area (Å²) < 4.78 is 42.9. The Balaban J connectivity index is 1.27. The standard InChI is InChI=1S/C25H33BrF3N5O/c1-34(2)23-20-5-3-4-6-21(20)32-24(33-23)31-19-11-7-16(8-12-19)14-30-15-17-9-10-18(26)13-22(17)35-25(27,28)29/h9-10,13,16,19,30H,3-8,11-12,14-15H2,1-2H3,(H,31,32,33)/t16-,19+. The first kappa shape index (κ1) is 26.0. The molecule has 1 aromatic carbocycles. The average Bonchev–Trinajstić information content (AvgIpc) is 2.80. The van der Waals surface area contributed by atoms with Crippen LogP contribution in [0.15, 0.2) is 22.7 Å². The number of benzene rings is 1. The Labute approximate surface area is 213 Å². The third-order valence-corrected chi connectivity index (χ3v) is 7.26. The van der Waals surface area contributed by atoms with Crippen molar-refractivity contribution >= 4 is 27.7 Å². The predicted octanol–water partition coefficient (Wildman–Crippen LogP) is 5.84. The fourth-order valence-corrected chi connectivity index (χ4v) is 5.35. The molecule has 0 aliphatic heterocycles. The fourth-order valence-electron chi connectivity index (χ4n) is 5.01. The Hall–Kier alpha value is -2.07. The smallest absolute Gasteiger partial charge is 0.405 e. The zero-order valence-electron chi connectivity index (χ0n) is 20.2. The molecular weight excluding hydrogens is 523 g/mol. The minimum Gasteiger partial charge on any atom is -0.405 e. The Bertz CT molecular complexity index is 1010. The second-order valence-corrected chi connectivity index (χ2v) is 10.6. The first-order chi connectivity index (χ1) is 16.7. The number of hydrogen-bond donors (Lipinski definition) is 2. The van der Waals surface area contributed by atoms with Gasteiger partial charge in [-0.3, -0.25) is 0 Å². The van der Waals surface area contributed by atoms with Crippen LogP contribution in [0, 0.1) is 5.92 Å². The van der Waals surface area contributed by atoms with Crippen molar-refractivity contribution in [2.24, 2.45) is 5.92 Å². The lowest BCUT2D eigenvalue weighted by atomic mass is 9.86. The van der Waals surface area contributed by atoms with Crippen LogP contribution in [0.2, 0.25) is 0 Å². The molecule has 2 aliphatic rings. The number of nitrogens with one attached hydrogen (secondary N) is 2. The molecule has 2 aliphatic carbocycles. The van der Waals surface area contributed by atoms with Gasteiger partial charge in [0.1, 0.15) is 11.6 Å². The van der Waals surface area contributed by atoms with Gasteiger partial charge in [0.25, 0.3) is 0 Å². The van der Waals surface area contributed by atoms with E-state index in [0.29, 0.717) is 28.5 Å². The Morgan fingerprint density at radius 1 is 1.09 bits per heavy atom. The lowest BCUT2D eigenvalue weighted by Gasteiger charge is -2.30. The number of alkyl halides is 3. The molecule has 0 spiro atoms. The van der Waals surface area contributed by atoms with Crippen molar-refractivity contribution in [2.75, 3.05) is 30.9 Å². The normalized spacial score (nSPS) is 20.3. The third kappa shape index (κ3) is 7.22. The molecule has 0 radical (unpaired) electrons. The van der Waals surface area contributed by atoms with Gasteiger partial charge in [-0.2, -0.15) is 4.98 Å². The maximum atomic E-state index is 12.7. The Morgan fingerprint density at radius 3 is 2.54 bits per heavy atom. The molecule has 1 fully saturated rings. The van der Waals surface area contributed by atoms with Crippen LogP contribution in [0.3, 0.4) is 0 Å². The van der Waals surface area contributed by atoms with Gasteiger partial charge in [0.2, 0.25) is 5.95 Å². The van der Waals surface area contributed by atoms with Gasteiger partial charge in [-0.1, -0.05) is 22.0 Å². The van der Waals surface area contributed by atoms with E-state index in [0.717, 1.165) is 56.8 Å². The van der Waals surface area contributed by atoms with E-state index in [4.69, 9.17) is 9.97 Å². The molecule has 10 heteroatoms. The zero-order valence-corrected chi connectivity index (χ0v) is 21.8. The SMILES string of the molecule is CN(C)c1nc(N[C@H]2CC[C@@H](CNCc3ccc(Br)cc3OC(F)(F)F)CC2)nc2c1CCCC2.